The second-order valence-electron chi connectivity index (χ2n) is 5.10. The summed E-state index contributed by atoms with van der Waals surface area (Å²) in [4.78, 5) is 18.6. The highest BCUT2D eigenvalue weighted by Gasteiger charge is 2.19. The lowest BCUT2D eigenvalue weighted by Crippen LogP contribution is -2.34. The van der Waals surface area contributed by atoms with Crippen molar-refractivity contribution in [2.24, 2.45) is 0 Å². The summed E-state index contributed by atoms with van der Waals surface area (Å²) in [6, 6.07) is 5.63. The van der Waals surface area contributed by atoms with Crippen LogP contribution in [-0.2, 0) is 0 Å². The van der Waals surface area contributed by atoms with Gasteiger partial charge in [0.1, 0.15) is 0 Å². The van der Waals surface area contributed by atoms with Gasteiger partial charge in [0, 0.05) is 18.6 Å². The van der Waals surface area contributed by atoms with Crippen LogP contribution >= 0.6 is 0 Å². The summed E-state index contributed by atoms with van der Waals surface area (Å²) in [6.07, 6.45) is 7.13. The van der Waals surface area contributed by atoms with E-state index >= 15 is 0 Å². The minimum Gasteiger partial charge on any atom is -0.328 e. The average Bonchev–Trinajstić information content (AvgIpc) is 2.45. The van der Waals surface area contributed by atoms with Gasteiger partial charge in [-0.2, -0.15) is 0 Å². The Morgan fingerprint density at radius 1 is 1.40 bits per heavy atom. The first-order valence-electron chi connectivity index (χ1n) is 6.55. The summed E-state index contributed by atoms with van der Waals surface area (Å²) in [5.74, 6) is 2.48. The van der Waals surface area contributed by atoms with Gasteiger partial charge < -0.3 is 4.90 Å². The third-order valence-electron chi connectivity index (χ3n) is 3.58. The average molecular weight is 266 g/mol. The number of rotatable bonds is 2. The molecule has 0 spiro atoms. The Morgan fingerprint density at radius 2 is 2.10 bits per heavy atom. The molecule has 0 saturated heterocycles. The van der Waals surface area contributed by atoms with Crippen LogP contribution in [0.15, 0.2) is 24.4 Å². The molecule has 0 saturated carbocycles. The van der Waals surface area contributed by atoms with Gasteiger partial charge in [0.25, 0.3) is 5.91 Å². The van der Waals surface area contributed by atoms with Gasteiger partial charge in [0.2, 0.25) is 0 Å². The molecule has 2 aromatic rings. The highest BCUT2D eigenvalue weighted by atomic mass is 16.2. The Hall–Kier alpha value is -2.34. The van der Waals surface area contributed by atoms with E-state index in [9.17, 15) is 4.79 Å². The van der Waals surface area contributed by atoms with E-state index in [1.165, 1.54) is 0 Å². The minimum absolute atomic E-state index is 0.0951. The molecule has 1 atom stereocenters. The summed E-state index contributed by atoms with van der Waals surface area (Å²) in [5, 5.41) is 1.01. The van der Waals surface area contributed by atoms with Crippen molar-refractivity contribution in [2.75, 3.05) is 7.05 Å². The van der Waals surface area contributed by atoms with Crippen LogP contribution in [0.4, 0.5) is 0 Å². The summed E-state index contributed by atoms with van der Waals surface area (Å²) in [5.41, 5.74) is 3.49. The predicted molar refractivity (Wildman–Crippen MR) is 81.6 cm³/mol. The third kappa shape index (κ3) is 2.37. The first kappa shape index (κ1) is 14.1. The van der Waals surface area contributed by atoms with E-state index in [1.807, 2.05) is 32.9 Å². The van der Waals surface area contributed by atoms with Crippen LogP contribution < -0.4 is 0 Å². The molecule has 0 aliphatic carbocycles. The molecule has 20 heavy (non-hydrogen) atoms. The van der Waals surface area contributed by atoms with E-state index in [4.69, 9.17) is 6.42 Å². The standard InChI is InChI=1S/C17H18N2O/c1-6-13(4)19(5)17(20)15-10-11(2)9-14-12(3)7-8-18-16(14)15/h1,7-10,13H,2-5H3/t13-/m1/s1. The van der Waals surface area contributed by atoms with Crippen molar-refractivity contribution in [2.45, 2.75) is 26.8 Å². The summed E-state index contributed by atoms with van der Waals surface area (Å²) < 4.78 is 0. The maximum Gasteiger partial charge on any atom is 0.256 e. The molecule has 0 aliphatic heterocycles. The largest absolute Gasteiger partial charge is 0.328 e. The van der Waals surface area contributed by atoms with Crippen LogP contribution in [-0.4, -0.2) is 28.9 Å². The van der Waals surface area contributed by atoms with E-state index in [-0.39, 0.29) is 11.9 Å². The summed E-state index contributed by atoms with van der Waals surface area (Å²) in [7, 11) is 1.72. The summed E-state index contributed by atoms with van der Waals surface area (Å²) in [6.45, 7) is 5.83. The van der Waals surface area contributed by atoms with Gasteiger partial charge in [0.05, 0.1) is 17.1 Å². The van der Waals surface area contributed by atoms with Crippen molar-refractivity contribution >= 4 is 16.8 Å². The number of hydrogen-bond donors (Lipinski definition) is 0. The topological polar surface area (TPSA) is 33.2 Å². The van der Waals surface area contributed by atoms with E-state index < -0.39 is 0 Å². The zero-order chi connectivity index (χ0) is 14.9. The molecule has 0 bridgehead atoms. The smallest absolute Gasteiger partial charge is 0.256 e. The predicted octanol–water partition coefficient (Wildman–Crippen LogP) is 2.95. The first-order chi connectivity index (χ1) is 9.45. The first-order valence-corrected chi connectivity index (χ1v) is 6.55. The van der Waals surface area contributed by atoms with Crippen LogP contribution in [0.25, 0.3) is 10.9 Å². The van der Waals surface area contributed by atoms with E-state index in [2.05, 4.69) is 17.0 Å². The molecule has 0 unspecified atom stereocenters. The van der Waals surface area contributed by atoms with E-state index in [0.29, 0.717) is 5.56 Å². The fourth-order valence-corrected chi connectivity index (χ4v) is 2.17. The molecule has 0 N–H and O–H groups in total. The Morgan fingerprint density at radius 3 is 2.75 bits per heavy atom. The lowest BCUT2D eigenvalue weighted by molar-refractivity contribution is 0.0776. The van der Waals surface area contributed by atoms with Crippen molar-refractivity contribution in [1.29, 1.82) is 0 Å². The van der Waals surface area contributed by atoms with Gasteiger partial charge in [-0.3, -0.25) is 9.78 Å². The second kappa shape index (κ2) is 5.34. The molecule has 3 nitrogen and oxygen atoms in total. The number of aromatic nitrogens is 1. The monoisotopic (exact) mass is 266 g/mol. The number of terminal acetylenes is 1. The number of fused-ring (bicyclic) bond motifs is 1. The van der Waals surface area contributed by atoms with Crippen molar-refractivity contribution in [3.63, 3.8) is 0 Å². The summed E-state index contributed by atoms with van der Waals surface area (Å²) >= 11 is 0. The normalized spacial score (nSPS) is 11.9. The van der Waals surface area contributed by atoms with Crippen LogP contribution in [0.2, 0.25) is 0 Å². The number of aryl methyl sites for hydroxylation is 2. The van der Waals surface area contributed by atoms with Crippen LogP contribution in [0.1, 0.15) is 28.4 Å². The maximum absolute atomic E-state index is 12.6. The Labute approximate surface area is 119 Å². The lowest BCUT2D eigenvalue weighted by Gasteiger charge is -2.21. The van der Waals surface area contributed by atoms with E-state index in [1.54, 1.807) is 18.1 Å². The van der Waals surface area contributed by atoms with E-state index in [0.717, 1.165) is 22.0 Å². The molecular weight excluding hydrogens is 248 g/mol. The number of amides is 1. The quantitative estimate of drug-likeness (QED) is 0.783. The fraction of sp³-hybridized carbons (Fsp3) is 0.294. The van der Waals surface area contributed by atoms with Crippen molar-refractivity contribution in [1.82, 2.24) is 9.88 Å². The van der Waals surface area contributed by atoms with Crippen molar-refractivity contribution in [3.8, 4) is 12.3 Å². The molecule has 1 heterocycles. The highest BCUT2D eigenvalue weighted by molar-refractivity contribution is 6.06. The van der Waals surface area contributed by atoms with Crippen LogP contribution in [0.3, 0.4) is 0 Å². The number of nitrogens with zero attached hydrogens (tertiary/aromatic N) is 2. The van der Waals surface area contributed by atoms with Gasteiger partial charge >= 0.3 is 0 Å². The molecule has 1 aromatic heterocycles. The zero-order valence-electron chi connectivity index (χ0n) is 12.3. The molecule has 102 valence electrons. The van der Waals surface area contributed by atoms with Gasteiger partial charge in [0.15, 0.2) is 0 Å². The molecular formula is C17H18N2O. The molecule has 0 fully saturated rings. The van der Waals surface area contributed by atoms with Crippen LogP contribution in [0, 0.1) is 26.2 Å². The molecule has 1 amide bonds. The number of pyridine rings is 1. The maximum atomic E-state index is 12.6. The lowest BCUT2D eigenvalue weighted by atomic mass is 10.0. The van der Waals surface area contributed by atoms with Gasteiger partial charge in [-0.15, -0.1) is 6.42 Å². The minimum atomic E-state index is -0.247. The number of hydrogen-bond acceptors (Lipinski definition) is 2. The molecule has 0 radical (unpaired) electrons. The molecule has 1 aromatic carbocycles. The Kier molecular flexibility index (Phi) is 3.76. The van der Waals surface area contributed by atoms with Crippen molar-refractivity contribution < 1.29 is 4.79 Å². The molecule has 3 heteroatoms. The van der Waals surface area contributed by atoms with Gasteiger partial charge in [-0.05, 0) is 50.1 Å². The number of carbonyl (C=O) groups is 1. The number of benzene rings is 1. The van der Waals surface area contributed by atoms with Crippen molar-refractivity contribution in [3.05, 3.63) is 41.1 Å². The Bertz CT molecular complexity index is 713. The van der Waals surface area contributed by atoms with Gasteiger partial charge in [-0.1, -0.05) is 5.92 Å². The van der Waals surface area contributed by atoms with Crippen LogP contribution in [0.5, 0.6) is 0 Å². The highest BCUT2D eigenvalue weighted by Crippen LogP contribution is 2.23. The Balaban J connectivity index is 2.63. The molecule has 2 rings (SSSR count). The molecule has 0 aliphatic rings. The fourth-order valence-electron chi connectivity index (χ4n) is 2.17. The zero-order valence-corrected chi connectivity index (χ0v) is 12.3. The third-order valence-corrected chi connectivity index (χ3v) is 3.58. The number of carbonyl (C=O) groups excluding carboxylic acids is 1. The van der Waals surface area contributed by atoms with Gasteiger partial charge in [-0.25, -0.2) is 0 Å². The SMILES string of the molecule is C#C[C@@H](C)N(C)C(=O)c1cc(C)cc2c(C)ccnc12. The second-order valence-corrected chi connectivity index (χ2v) is 5.10.